The highest BCUT2D eigenvalue weighted by atomic mass is 79.9. The molecule has 0 spiro atoms. The van der Waals surface area contributed by atoms with Crippen molar-refractivity contribution in [2.24, 2.45) is 5.92 Å². The van der Waals surface area contributed by atoms with E-state index in [0.717, 1.165) is 33.3 Å². The molecule has 0 unspecified atom stereocenters. The van der Waals surface area contributed by atoms with Crippen molar-refractivity contribution in [1.82, 2.24) is 4.31 Å². The van der Waals surface area contributed by atoms with E-state index in [-0.39, 0.29) is 17.3 Å². The molecule has 1 N–H and O–H groups in total. The summed E-state index contributed by atoms with van der Waals surface area (Å²) in [5.41, 5.74) is 3.67. The average Bonchev–Trinajstić information content (AvgIpc) is 2.75. The van der Waals surface area contributed by atoms with Crippen molar-refractivity contribution in [2.45, 2.75) is 44.9 Å². The number of benzene rings is 2. The molecule has 6 nitrogen and oxygen atoms in total. The van der Waals surface area contributed by atoms with E-state index in [0.29, 0.717) is 25.1 Å². The zero-order valence-electron chi connectivity index (χ0n) is 18.4. The maximum absolute atomic E-state index is 13.3. The van der Waals surface area contributed by atoms with Gasteiger partial charge in [-0.3, -0.25) is 4.79 Å². The Balaban J connectivity index is 1.83. The smallest absolute Gasteiger partial charge is 0.246 e. The number of rotatable bonds is 6. The van der Waals surface area contributed by atoms with Crippen LogP contribution in [0.4, 0.5) is 5.69 Å². The third-order valence-electron chi connectivity index (χ3n) is 5.70. The Labute approximate surface area is 193 Å². The number of ether oxygens (including phenoxy) is 1. The van der Waals surface area contributed by atoms with E-state index in [9.17, 15) is 13.2 Å². The molecule has 8 heteroatoms. The van der Waals surface area contributed by atoms with Crippen molar-refractivity contribution < 1.29 is 17.9 Å². The minimum atomic E-state index is -3.77. The number of sulfonamides is 1. The van der Waals surface area contributed by atoms with Gasteiger partial charge >= 0.3 is 0 Å². The summed E-state index contributed by atoms with van der Waals surface area (Å²) in [4.78, 5) is 13.2. The molecular formula is C23H29BrN2O4S. The summed E-state index contributed by atoms with van der Waals surface area (Å²) in [5, 5.41) is 3.06. The minimum Gasteiger partial charge on any atom is -0.495 e. The fourth-order valence-corrected chi connectivity index (χ4v) is 6.38. The molecule has 0 saturated carbocycles. The van der Waals surface area contributed by atoms with Gasteiger partial charge < -0.3 is 10.1 Å². The molecule has 31 heavy (non-hydrogen) atoms. The number of nitrogens with zero attached hydrogens (tertiary/aromatic N) is 1. The molecule has 1 aliphatic rings. The molecule has 1 heterocycles. The van der Waals surface area contributed by atoms with Crippen molar-refractivity contribution in [3.63, 3.8) is 0 Å². The highest BCUT2D eigenvalue weighted by molar-refractivity contribution is 9.10. The molecular weight excluding hydrogens is 480 g/mol. The number of hydrogen-bond donors (Lipinski definition) is 1. The highest BCUT2D eigenvalue weighted by Crippen LogP contribution is 2.32. The molecule has 1 aliphatic heterocycles. The number of anilines is 1. The number of carbonyl (C=O) groups is 1. The first kappa shape index (κ1) is 23.8. The number of methoxy groups -OCH3 is 1. The number of halogens is 1. The molecule has 168 valence electrons. The first-order valence-electron chi connectivity index (χ1n) is 10.4. The standard InChI is InChI=1S/C23H29BrN2O4S/c1-5-17-13-19(24)12-16(3)22(17)25-23(27)18-7-6-10-26(14-18)31(28,29)21-11-15(2)8-9-20(21)30-4/h8-9,11-13,18H,5-7,10,14H2,1-4H3,(H,25,27)/t18-/m1/s1. The van der Waals surface area contributed by atoms with Gasteiger partial charge in [0, 0.05) is 23.2 Å². The fraction of sp³-hybridized carbons (Fsp3) is 0.435. The minimum absolute atomic E-state index is 0.142. The Hall–Kier alpha value is -1.90. The Kier molecular flexibility index (Phi) is 7.44. The van der Waals surface area contributed by atoms with Gasteiger partial charge in [0.25, 0.3) is 0 Å². The Morgan fingerprint density at radius 3 is 2.68 bits per heavy atom. The normalized spacial score (nSPS) is 17.4. The monoisotopic (exact) mass is 508 g/mol. The van der Waals surface area contributed by atoms with Crippen molar-refractivity contribution in [3.8, 4) is 5.75 Å². The molecule has 0 radical (unpaired) electrons. The number of nitrogens with one attached hydrogen (secondary N) is 1. The largest absolute Gasteiger partial charge is 0.495 e. The van der Waals surface area contributed by atoms with E-state index in [1.807, 2.05) is 39.0 Å². The van der Waals surface area contributed by atoms with Crippen molar-refractivity contribution in [1.29, 1.82) is 0 Å². The number of hydrogen-bond acceptors (Lipinski definition) is 4. The summed E-state index contributed by atoms with van der Waals surface area (Å²) < 4.78 is 34.4. The number of amides is 1. The van der Waals surface area contributed by atoms with Gasteiger partial charge in [-0.05, 0) is 74.1 Å². The van der Waals surface area contributed by atoms with E-state index >= 15 is 0 Å². The van der Waals surface area contributed by atoms with Crippen LogP contribution < -0.4 is 10.1 Å². The summed E-state index contributed by atoms with van der Waals surface area (Å²) in [6.45, 7) is 6.39. The topological polar surface area (TPSA) is 75.7 Å². The predicted octanol–water partition coefficient (Wildman–Crippen LogP) is 4.68. The van der Waals surface area contributed by atoms with E-state index in [2.05, 4.69) is 21.2 Å². The molecule has 1 amide bonds. The van der Waals surface area contributed by atoms with Crippen LogP contribution in [0.3, 0.4) is 0 Å². The van der Waals surface area contributed by atoms with Crippen LogP contribution in [0, 0.1) is 19.8 Å². The van der Waals surface area contributed by atoms with Gasteiger partial charge in [-0.1, -0.05) is 28.9 Å². The zero-order chi connectivity index (χ0) is 22.8. The summed E-state index contributed by atoms with van der Waals surface area (Å²) >= 11 is 3.50. The summed E-state index contributed by atoms with van der Waals surface area (Å²) in [6, 6.07) is 9.08. The van der Waals surface area contributed by atoms with Crippen LogP contribution in [-0.4, -0.2) is 38.8 Å². The quantitative estimate of drug-likeness (QED) is 0.614. The van der Waals surface area contributed by atoms with E-state index < -0.39 is 15.9 Å². The zero-order valence-corrected chi connectivity index (χ0v) is 20.8. The lowest BCUT2D eigenvalue weighted by Gasteiger charge is -2.32. The van der Waals surface area contributed by atoms with Crippen LogP contribution in [0.2, 0.25) is 0 Å². The second-order valence-corrected chi connectivity index (χ2v) is 10.8. The second kappa shape index (κ2) is 9.71. The predicted molar refractivity (Wildman–Crippen MR) is 126 cm³/mol. The number of piperidine rings is 1. The molecule has 0 bridgehead atoms. The van der Waals surface area contributed by atoms with E-state index in [1.165, 1.54) is 11.4 Å². The third kappa shape index (κ3) is 5.13. The lowest BCUT2D eigenvalue weighted by molar-refractivity contribution is -0.120. The first-order chi connectivity index (χ1) is 14.7. The average molecular weight is 509 g/mol. The summed E-state index contributed by atoms with van der Waals surface area (Å²) in [6.07, 6.45) is 2.07. The molecule has 2 aromatic carbocycles. The summed E-state index contributed by atoms with van der Waals surface area (Å²) in [7, 11) is -2.31. The molecule has 0 aliphatic carbocycles. The highest BCUT2D eigenvalue weighted by Gasteiger charge is 2.35. The number of aryl methyl sites for hydroxylation is 3. The van der Waals surface area contributed by atoms with Gasteiger partial charge in [0.1, 0.15) is 10.6 Å². The van der Waals surface area contributed by atoms with Gasteiger partial charge in [0.2, 0.25) is 15.9 Å². The maximum Gasteiger partial charge on any atom is 0.246 e. The first-order valence-corrected chi connectivity index (χ1v) is 12.6. The lowest BCUT2D eigenvalue weighted by atomic mass is 9.98. The van der Waals surface area contributed by atoms with E-state index in [4.69, 9.17) is 4.74 Å². The van der Waals surface area contributed by atoms with Crippen LogP contribution >= 0.6 is 15.9 Å². The third-order valence-corrected chi connectivity index (χ3v) is 8.05. The molecule has 1 fully saturated rings. The van der Waals surface area contributed by atoms with Crippen LogP contribution in [0.1, 0.15) is 36.5 Å². The maximum atomic E-state index is 13.3. The lowest BCUT2D eigenvalue weighted by Crippen LogP contribution is -2.43. The van der Waals surface area contributed by atoms with Gasteiger partial charge in [0.15, 0.2) is 0 Å². The Morgan fingerprint density at radius 1 is 1.26 bits per heavy atom. The molecule has 1 saturated heterocycles. The van der Waals surface area contributed by atoms with Crippen molar-refractivity contribution >= 4 is 37.5 Å². The Bertz CT molecular complexity index is 1090. The van der Waals surface area contributed by atoms with Gasteiger partial charge in [-0.15, -0.1) is 0 Å². The SMILES string of the molecule is CCc1cc(Br)cc(C)c1NC(=O)[C@@H]1CCCN(S(=O)(=O)c2cc(C)ccc2OC)C1. The van der Waals surface area contributed by atoms with Crippen molar-refractivity contribution in [3.05, 3.63) is 51.5 Å². The van der Waals surface area contributed by atoms with Gasteiger partial charge in [-0.2, -0.15) is 4.31 Å². The fourth-order valence-electron chi connectivity index (χ4n) is 3.99. The summed E-state index contributed by atoms with van der Waals surface area (Å²) in [5.74, 6) is -0.237. The molecule has 3 rings (SSSR count). The second-order valence-electron chi connectivity index (χ2n) is 7.96. The Morgan fingerprint density at radius 2 is 2.00 bits per heavy atom. The van der Waals surface area contributed by atoms with Crippen molar-refractivity contribution in [2.75, 3.05) is 25.5 Å². The molecule has 0 aromatic heterocycles. The molecule has 2 aromatic rings. The molecule has 1 atom stereocenters. The van der Waals surface area contributed by atoms with Crippen LogP contribution in [0.25, 0.3) is 0 Å². The van der Waals surface area contributed by atoms with E-state index in [1.54, 1.807) is 12.1 Å². The van der Waals surface area contributed by atoms with Crippen LogP contribution in [0.5, 0.6) is 5.75 Å². The van der Waals surface area contributed by atoms with Gasteiger partial charge in [-0.25, -0.2) is 8.42 Å². The number of carbonyl (C=O) groups excluding carboxylic acids is 1. The van der Waals surface area contributed by atoms with Crippen LogP contribution in [-0.2, 0) is 21.2 Å². The van der Waals surface area contributed by atoms with Crippen LogP contribution in [0.15, 0.2) is 39.7 Å². The van der Waals surface area contributed by atoms with Gasteiger partial charge in [0.05, 0.1) is 13.0 Å².